The van der Waals surface area contributed by atoms with E-state index in [9.17, 15) is 4.79 Å². The minimum absolute atomic E-state index is 0.00688. The van der Waals surface area contributed by atoms with Gasteiger partial charge in [-0.3, -0.25) is 9.69 Å². The molecule has 0 saturated carbocycles. The first-order valence-electron chi connectivity index (χ1n) is 9.66. The minimum Gasteiger partial charge on any atom is -0.493 e. The van der Waals surface area contributed by atoms with E-state index in [4.69, 9.17) is 9.47 Å². The molecule has 2 aromatic carbocycles. The fraction of sp³-hybridized carbons (Fsp3) is 0.435. The molecule has 3 rings (SSSR count). The summed E-state index contributed by atoms with van der Waals surface area (Å²) in [5, 5.41) is 3.01. The molecule has 1 heterocycles. The summed E-state index contributed by atoms with van der Waals surface area (Å²) < 4.78 is 10.8. The predicted molar refractivity (Wildman–Crippen MR) is 112 cm³/mol. The van der Waals surface area contributed by atoms with Crippen LogP contribution < -0.4 is 14.8 Å². The number of nitrogens with one attached hydrogen (secondary N) is 1. The van der Waals surface area contributed by atoms with E-state index in [1.54, 1.807) is 14.2 Å². The van der Waals surface area contributed by atoms with Crippen LogP contribution >= 0.6 is 0 Å². The molecule has 150 valence electrons. The number of amides is 1. The van der Waals surface area contributed by atoms with Crippen molar-refractivity contribution in [1.29, 1.82) is 0 Å². The van der Waals surface area contributed by atoms with Crippen molar-refractivity contribution >= 4 is 11.6 Å². The summed E-state index contributed by atoms with van der Waals surface area (Å²) >= 11 is 0. The van der Waals surface area contributed by atoms with Crippen LogP contribution in [-0.4, -0.2) is 38.1 Å². The Morgan fingerprint density at radius 3 is 2.21 bits per heavy atom. The van der Waals surface area contributed by atoms with Gasteiger partial charge in [-0.25, -0.2) is 0 Å². The van der Waals surface area contributed by atoms with Crippen molar-refractivity contribution in [3.8, 4) is 11.5 Å². The summed E-state index contributed by atoms with van der Waals surface area (Å²) in [6, 6.07) is 12.2. The third-order valence-corrected chi connectivity index (χ3v) is 5.20. The van der Waals surface area contributed by atoms with Gasteiger partial charge in [0.05, 0.1) is 20.8 Å². The highest BCUT2D eigenvalue weighted by Crippen LogP contribution is 2.33. The van der Waals surface area contributed by atoms with E-state index in [0.29, 0.717) is 6.54 Å². The van der Waals surface area contributed by atoms with Gasteiger partial charge >= 0.3 is 0 Å². The average molecular weight is 383 g/mol. The number of fused-ring (bicyclic) bond motifs is 1. The monoisotopic (exact) mass is 382 g/mol. The van der Waals surface area contributed by atoms with Crippen LogP contribution in [0, 0.1) is 0 Å². The second-order valence-electron chi connectivity index (χ2n) is 8.31. The average Bonchev–Trinajstić information content (AvgIpc) is 2.66. The molecule has 5 nitrogen and oxygen atoms in total. The lowest BCUT2D eigenvalue weighted by atomic mass is 9.87. The molecule has 0 bridgehead atoms. The number of carbonyl (C=O) groups excluding carboxylic acids is 1. The van der Waals surface area contributed by atoms with Crippen molar-refractivity contribution in [1.82, 2.24) is 4.90 Å². The second-order valence-corrected chi connectivity index (χ2v) is 8.31. The van der Waals surface area contributed by atoms with Crippen molar-refractivity contribution in [3.63, 3.8) is 0 Å². The first-order chi connectivity index (χ1) is 13.3. The van der Waals surface area contributed by atoms with Crippen LogP contribution in [0.4, 0.5) is 5.69 Å². The Bertz CT molecular complexity index is 838. The maximum Gasteiger partial charge on any atom is 0.238 e. The summed E-state index contributed by atoms with van der Waals surface area (Å²) in [5.74, 6) is 1.49. The van der Waals surface area contributed by atoms with Crippen LogP contribution in [0.5, 0.6) is 11.5 Å². The molecular formula is C23H30N2O3. The molecule has 28 heavy (non-hydrogen) atoms. The lowest BCUT2D eigenvalue weighted by Gasteiger charge is -2.29. The third-order valence-electron chi connectivity index (χ3n) is 5.20. The maximum absolute atomic E-state index is 12.5. The minimum atomic E-state index is 0.00688. The summed E-state index contributed by atoms with van der Waals surface area (Å²) in [5.41, 5.74) is 4.63. The van der Waals surface area contributed by atoms with Gasteiger partial charge < -0.3 is 14.8 Å². The van der Waals surface area contributed by atoms with E-state index < -0.39 is 0 Å². The van der Waals surface area contributed by atoms with Crippen molar-refractivity contribution in [3.05, 3.63) is 53.1 Å². The highest BCUT2D eigenvalue weighted by Gasteiger charge is 2.21. The first kappa shape index (κ1) is 20.2. The number of hydrogen-bond acceptors (Lipinski definition) is 4. The Hall–Kier alpha value is -2.53. The molecule has 0 radical (unpaired) electrons. The summed E-state index contributed by atoms with van der Waals surface area (Å²) in [4.78, 5) is 14.7. The number of anilines is 1. The zero-order chi connectivity index (χ0) is 20.3. The number of hydrogen-bond donors (Lipinski definition) is 1. The molecule has 0 spiro atoms. The maximum atomic E-state index is 12.5. The Labute approximate surface area is 167 Å². The highest BCUT2D eigenvalue weighted by molar-refractivity contribution is 5.92. The number of ether oxygens (including phenoxy) is 2. The van der Waals surface area contributed by atoms with E-state index in [2.05, 4.69) is 43.1 Å². The fourth-order valence-corrected chi connectivity index (χ4v) is 3.53. The molecule has 0 unspecified atom stereocenters. The summed E-state index contributed by atoms with van der Waals surface area (Å²) in [6.45, 7) is 8.48. The SMILES string of the molecule is COc1cc2c(cc1OC)CN(CC(=O)Nc1ccc(C(C)(C)C)cc1)CC2. The second kappa shape index (κ2) is 8.23. The first-order valence-corrected chi connectivity index (χ1v) is 9.66. The lowest BCUT2D eigenvalue weighted by molar-refractivity contribution is -0.117. The largest absolute Gasteiger partial charge is 0.493 e. The van der Waals surface area contributed by atoms with Crippen molar-refractivity contribution in [2.45, 2.75) is 39.2 Å². The molecule has 1 aliphatic rings. The van der Waals surface area contributed by atoms with Gasteiger partial charge in [0, 0.05) is 18.8 Å². The van der Waals surface area contributed by atoms with Gasteiger partial charge in [-0.05, 0) is 52.8 Å². The van der Waals surface area contributed by atoms with Gasteiger partial charge in [0.25, 0.3) is 0 Å². The van der Waals surface area contributed by atoms with E-state index in [0.717, 1.165) is 36.7 Å². The number of nitrogens with zero attached hydrogens (tertiary/aromatic N) is 1. The van der Waals surface area contributed by atoms with Gasteiger partial charge in [0.15, 0.2) is 11.5 Å². The van der Waals surface area contributed by atoms with E-state index in [1.807, 2.05) is 24.3 Å². The molecule has 2 aromatic rings. The standard InChI is InChI=1S/C23H30N2O3/c1-23(2,3)18-6-8-19(9-7-18)24-22(26)15-25-11-10-16-12-20(27-4)21(28-5)13-17(16)14-25/h6-9,12-13H,10-11,14-15H2,1-5H3,(H,24,26). The Balaban J connectivity index is 1.61. The molecule has 0 atom stereocenters. The zero-order valence-electron chi connectivity index (χ0n) is 17.5. The molecule has 0 saturated heterocycles. The Morgan fingerprint density at radius 2 is 1.64 bits per heavy atom. The smallest absolute Gasteiger partial charge is 0.238 e. The van der Waals surface area contributed by atoms with Crippen LogP contribution in [0.15, 0.2) is 36.4 Å². The van der Waals surface area contributed by atoms with Crippen molar-refractivity contribution in [2.24, 2.45) is 0 Å². The van der Waals surface area contributed by atoms with Gasteiger partial charge in [0.2, 0.25) is 5.91 Å². The number of carbonyl (C=O) groups is 1. The quantitative estimate of drug-likeness (QED) is 0.849. The summed E-state index contributed by atoms with van der Waals surface area (Å²) in [7, 11) is 3.29. The van der Waals surface area contributed by atoms with Gasteiger partial charge in [-0.1, -0.05) is 32.9 Å². The molecule has 1 amide bonds. The van der Waals surface area contributed by atoms with Crippen LogP contribution in [-0.2, 0) is 23.2 Å². The van der Waals surface area contributed by atoms with E-state index in [1.165, 1.54) is 16.7 Å². The third kappa shape index (κ3) is 4.65. The highest BCUT2D eigenvalue weighted by atomic mass is 16.5. The number of rotatable bonds is 5. The van der Waals surface area contributed by atoms with Crippen molar-refractivity contribution < 1.29 is 14.3 Å². The summed E-state index contributed by atoms with van der Waals surface area (Å²) in [6.07, 6.45) is 0.892. The van der Waals surface area contributed by atoms with Crippen molar-refractivity contribution in [2.75, 3.05) is 32.6 Å². The number of methoxy groups -OCH3 is 2. The van der Waals surface area contributed by atoms with Gasteiger partial charge in [0.1, 0.15) is 0 Å². The predicted octanol–water partition coefficient (Wildman–Crippen LogP) is 4.00. The molecule has 1 N–H and O–H groups in total. The number of benzene rings is 2. The Kier molecular flexibility index (Phi) is 5.94. The van der Waals surface area contributed by atoms with Crippen LogP contribution in [0.3, 0.4) is 0 Å². The normalized spacial score (nSPS) is 14.3. The molecule has 0 aromatic heterocycles. The van der Waals surface area contributed by atoms with E-state index in [-0.39, 0.29) is 11.3 Å². The zero-order valence-corrected chi connectivity index (χ0v) is 17.5. The van der Waals surface area contributed by atoms with Gasteiger partial charge in [-0.2, -0.15) is 0 Å². The topological polar surface area (TPSA) is 50.8 Å². The Morgan fingerprint density at radius 1 is 1.04 bits per heavy atom. The molecular weight excluding hydrogens is 352 g/mol. The van der Waals surface area contributed by atoms with Crippen LogP contribution in [0.25, 0.3) is 0 Å². The van der Waals surface area contributed by atoms with Gasteiger partial charge in [-0.15, -0.1) is 0 Å². The molecule has 1 aliphatic heterocycles. The molecule has 0 fully saturated rings. The van der Waals surface area contributed by atoms with Crippen LogP contribution in [0.1, 0.15) is 37.5 Å². The molecule has 0 aliphatic carbocycles. The van der Waals surface area contributed by atoms with Crippen LogP contribution in [0.2, 0.25) is 0 Å². The van der Waals surface area contributed by atoms with E-state index >= 15 is 0 Å². The molecule has 5 heteroatoms. The lowest BCUT2D eigenvalue weighted by Crippen LogP contribution is -2.37. The fourth-order valence-electron chi connectivity index (χ4n) is 3.53.